The number of anilines is 2. The first-order valence-electron chi connectivity index (χ1n) is 7.42. The Kier molecular flexibility index (Phi) is 4.83. The number of hydrogen-bond acceptors (Lipinski definition) is 5. The summed E-state index contributed by atoms with van der Waals surface area (Å²) in [5.41, 5.74) is -2.26. The molecule has 2 rings (SSSR count). The van der Waals surface area contributed by atoms with Gasteiger partial charge in [-0.25, -0.2) is 14.6 Å². The van der Waals surface area contributed by atoms with Gasteiger partial charge in [0, 0.05) is 11.8 Å². The second-order valence-electron chi connectivity index (χ2n) is 6.52. The molecule has 25 heavy (non-hydrogen) atoms. The summed E-state index contributed by atoms with van der Waals surface area (Å²) >= 11 is 0. The highest BCUT2D eigenvalue weighted by Gasteiger charge is 2.37. The number of alkyl halides is 3. The van der Waals surface area contributed by atoms with Crippen LogP contribution in [-0.4, -0.2) is 35.4 Å². The Hall–Kier alpha value is -2.52. The molecule has 0 saturated carbocycles. The number of cyclic esters (lactones) is 1. The lowest BCUT2D eigenvalue weighted by atomic mass is 10.2. The van der Waals surface area contributed by atoms with Crippen molar-refractivity contribution in [1.82, 2.24) is 4.98 Å². The maximum atomic E-state index is 13.1. The molecule has 138 valence electrons. The summed E-state index contributed by atoms with van der Waals surface area (Å²) in [5.74, 6) is -0.268. The highest BCUT2D eigenvalue weighted by Crippen LogP contribution is 2.33. The van der Waals surface area contributed by atoms with Crippen LogP contribution in [0.3, 0.4) is 0 Å². The lowest BCUT2D eigenvalue weighted by molar-refractivity contribution is -0.141. The Morgan fingerprint density at radius 3 is 2.48 bits per heavy atom. The Bertz CT molecular complexity index is 686. The number of nitrogens with one attached hydrogen (secondary N) is 1. The number of rotatable bonds is 2. The molecule has 0 aliphatic carbocycles. The van der Waals surface area contributed by atoms with Crippen LogP contribution in [0.2, 0.25) is 0 Å². The van der Waals surface area contributed by atoms with Crippen molar-refractivity contribution in [1.29, 1.82) is 0 Å². The molecule has 1 saturated heterocycles. The van der Waals surface area contributed by atoms with Gasteiger partial charge in [-0.2, -0.15) is 13.2 Å². The van der Waals surface area contributed by atoms with E-state index in [0.717, 1.165) is 11.0 Å². The largest absolute Gasteiger partial charge is 0.447 e. The fraction of sp³-hybridized carbons (Fsp3) is 0.533. The molecule has 1 N–H and O–H groups in total. The lowest BCUT2D eigenvalue weighted by Crippen LogP contribution is -2.32. The number of halogens is 3. The third-order valence-electron chi connectivity index (χ3n) is 3.08. The van der Waals surface area contributed by atoms with Gasteiger partial charge in [0.05, 0.1) is 6.04 Å². The van der Waals surface area contributed by atoms with Crippen molar-refractivity contribution in [3.63, 3.8) is 0 Å². The molecule has 0 radical (unpaired) electrons. The van der Waals surface area contributed by atoms with Crippen molar-refractivity contribution in [3.8, 4) is 0 Å². The van der Waals surface area contributed by atoms with E-state index in [1.54, 1.807) is 27.7 Å². The maximum absolute atomic E-state index is 13.1. The van der Waals surface area contributed by atoms with Gasteiger partial charge in [-0.3, -0.25) is 10.2 Å². The predicted molar refractivity (Wildman–Crippen MR) is 82.4 cm³/mol. The van der Waals surface area contributed by atoms with Crippen LogP contribution in [-0.2, 0) is 15.7 Å². The van der Waals surface area contributed by atoms with Crippen molar-refractivity contribution in [2.75, 3.05) is 16.8 Å². The number of aromatic nitrogens is 1. The highest BCUT2D eigenvalue weighted by molar-refractivity contribution is 5.91. The number of nitrogens with zero attached hydrogens (tertiary/aromatic N) is 2. The molecule has 10 heteroatoms. The number of carbonyl (C=O) groups excluding carboxylic acids is 2. The average Bonchev–Trinajstić information content (AvgIpc) is 2.74. The highest BCUT2D eigenvalue weighted by atomic mass is 19.4. The Labute approximate surface area is 142 Å². The van der Waals surface area contributed by atoms with Crippen LogP contribution in [0.25, 0.3) is 0 Å². The normalized spacial score (nSPS) is 18.1. The molecular formula is C15H18F3N3O4. The van der Waals surface area contributed by atoms with E-state index in [-0.39, 0.29) is 18.1 Å². The van der Waals surface area contributed by atoms with Crippen LogP contribution in [0, 0.1) is 0 Å². The third kappa shape index (κ3) is 4.74. The van der Waals surface area contributed by atoms with Gasteiger partial charge in [0.15, 0.2) is 0 Å². The SMILES string of the molecule is CC1COC(=O)N1c1cc(NC(=O)OC(C)(C)C)cc(C(F)(F)F)n1. The molecule has 1 fully saturated rings. The summed E-state index contributed by atoms with van der Waals surface area (Å²) in [6, 6.07) is 1.33. The standard InChI is InChI=1S/C15H18F3N3O4/c1-8-7-24-13(23)21(8)11-6-9(5-10(20-11)15(16,17)18)19-12(22)25-14(2,3)4/h5-6,8H,7H2,1-4H3,(H,19,20,22). The van der Waals surface area contributed by atoms with Crippen molar-refractivity contribution >= 4 is 23.7 Å². The van der Waals surface area contributed by atoms with Crippen LogP contribution in [0.1, 0.15) is 33.4 Å². The van der Waals surface area contributed by atoms with E-state index >= 15 is 0 Å². The Morgan fingerprint density at radius 1 is 1.36 bits per heavy atom. The molecule has 1 unspecified atom stereocenters. The molecule has 1 aliphatic rings. The smallest absolute Gasteiger partial charge is 0.433 e. The van der Waals surface area contributed by atoms with Gasteiger partial charge >= 0.3 is 18.4 Å². The molecule has 1 aliphatic heterocycles. The number of pyridine rings is 1. The topological polar surface area (TPSA) is 80.8 Å². The fourth-order valence-corrected chi connectivity index (χ4v) is 2.11. The van der Waals surface area contributed by atoms with Gasteiger partial charge < -0.3 is 9.47 Å². The first-order valence-corrected chi connectivity index (χ1v) is 7.42. The third-order valence-corrected chi connectivity index (χ3v) is 3.08. The van der Waals surface area contributed by atoms with Gasteiger partial charge in [-0.05, 0) is 33.8 Å². The molecule has 1 aromatic rings. The van der Waals surface area contributed by atoms with Crippen molar-refractivity contribution in [3.05, 3.63) is 17.8 Å². The van der Waals surface area contributed by atoms with Crippen molar-refractivity contribution in [2.45, 2.75) is 45.5 Å². The summed E-state index contributed by atoms with van der Waals surface area (Å²) in [7, 11) is 0. The van der Waals surface area contributed by atoms with Gasteiger partial charge in [0.1, 0.15) is 23.7 Å². The molecule has 0 bridgehead atoms. The van der Waals surface area contributed by atoms with E-state index in [1.165, 1.54) is 0 Å². The van der Waals surface area contributed by atoms with E-state index in [9.17, 15) is 22.8 Å². The van der Waals surface area contributed by atoms with Crippen LogP contribution >= 0.6 is 0 Å². The molecule has 7 nitrogen and oxygen atoms in total. The quantitative estimate of drug-likeness (QED) is 0.867. The fourth-order valence-electron chi connectivity index (χ4n) is 2.11. The van der Waals surface area contributed by atoms with Crippen molar-refractivity contribution < 1.29 is 32.2 Å². The summed E-state index contributed by atoms with van der Waals surface area (Å²) in [6.07, 6.45) is -6.48. The zero-order valence-electron chi connectivity index (χ0n) is 14.1. The van der Waals surface area contributed by atoms with E-state index in [4.69, 9.17) is 9.47 Å². The molecule has 0 spiro atoms. The zero-order chi connectivity index (χ0) is 19.0. The lowest BCUT2D eigenvalue weighted by Gasteiger charge is -2.21. The Balaban J connectivity index is 2.38. The van der Waals surface area contributed by atoms with E-state index in [2.05, 4.69) is 10.3 Å². The van der Waals surface area contributed by atoms with E-state index < -0.39 is 35.7 Å². The summed E-state index contributed by atoms with van der Waals surface area (Å²) in [6.45, 7) is 6.49. The van der Waals surface area contributed by atoms with Crippen LogP contribution < -0.4 is 10.2 Å². The van der Waals surface area contributed by atoms with Crippen LogP contribution in [0.4, 0.5) is 34.3 Å². The van der Waals surface area contributed by atoms with Gasteiger partial charge in [0.2, 0.25) is 0 Å². The molecular weight excluding hydrogens is 343 g/mol. The molecule has 1 aromatic heterocycles. The summed E-state index contributed by atoms with van der Waals surface area (Å²) in [4.78, 5) is 28.0. The minimum absolute atomic E-state index is 0.0333. The average molecular weight is 361 g/mol. The monoisotopic (exact) mass is 361 g/mol. The van der Waals surface area contributed by atoms with Crippen LogP contribution in [0.15, 0.2) is 12.1 Å². The molecule has 2 heterocycles. The second kappa shape index (κ2) is 6.41. The molecule has 2 amide bonds. The molecule has 1 atom stereocenters. The maximum Gasteiger partial charge on any atom is 0.433 e. The van der Waals surface area contributed by atoms with E-state index in [0.29, 0.717) is 6.07 Å². The minimum Gasteiger partial charge on any atom is -0.447 e. The van der Waals surface area contributed by atoms with Crippen LogP contribution in [0.5, 0.6) is 0 Å². The second-order valence-corrected chi connectivity index (χ2v) is 6.52. The van der Waals surface area contributed by atoms with Gasteiger partial charge in [0.25, 0.3) is 0 Å². The number of amides is 2. The Morgan fingerprint density at radius 2 is 2.00 bits per heavy atom. The summed E-state index contributed by atoms with van der Waals surface area (Å²) in [5, 5.41) is 2.22. The zero-order valence-corrected chi connectivity index (χ0v) is 14.1. The first kappa shape index (κ1) is 18.8. The van der Waals surface area contributed by atoms with Gasteiger partial charge in [-0.15, -0.1) is 0 Å². The number of carbonyl (C=O) groups is 2. The van der Waals surface area contributed by atoms with E-state index in [1.807, 2.05) is 0 Å². The minimum atomic E-state index is -4.76. The molecule has 0 aromatic carbocycles. The predicted octanol–water partition coefficient (Wildman–Crippen LogP) is 3.79. The number of hydrogen-bond donors (Lipinski definition) is 1. The summed E-state index contributed by atoms with van der Waals surface area (Å²) < 4.78 is 49.1. The first-order chi connectivity index (χ1) is 11.4. The number of ether oxygens (including phenoxy) is 2. The van der Waals surface area contributed by atoms with Crippen molar-refractivity contribution in [2.24, 2.45) is 0 Å². The van der Waals surface area contributed by atoms with Gasteiger partial charge in [-0.1, -0.05) is 0 Å².